The van der Waals surface area contributed by atoms with Crippen LogP contribution >= 0.6 is 17.2 Å². The molecule has 0 atom stereocenters. The van der Waals surface area contributed by atoms with Gasteiger partial charge in [-0.15, -0.1) is 0 Å². The Hall–Kier alpha value is -1.34. The van der Waals surface area contributed by atoms with Crippen LogP contribution in [0.2, 0.25) is 0 Å². The third-order valence-electron chi connectivity index (χ3n) is 9.22. The summed E-state index contributed by atoms with van der Waals surface area (Å²) < 4.78 is 0. The van der Waals surface area contributed by atoms with Crippen LogP contribution in [-0.4, -0.2) is 39.6 Å². The number of hydrogen-bond donors (Lipinski definition) is 8. The van der Waals surface area contributed by atoms with Crippen LogP contribution in [0.4, 0.5) is 0 Å². The standard InChI is InChI=1S/C39H64O2.2H3O3P/c1-11-13-14-15-16-17-18-19-20-21-22-24-39(23-12-2,31-27-33(37(5,6)7)35(40)25-29(31)3)32-28-34(38(8,9)10)36(41)26-30(32)4;2*1-4(2)3/h25-28,40-41H,11-24H2,1-10H3;2*1-3H. The van der Waals surface area contributed by atoms with E-state index in [0.29, 0.717) is 11.5 Å². The highest BCUT2D eigenvalue weighted by Gasteiger charge is 2.38. The second-order valence-electron chi connectivity index (χ2n) is 15.5. The Morgan fingerprint density at radius 2 is 0.755 bits per heavy atom. The van der Waals surface area contributed by atoms with E-state index in [1.54, 1.807) is 0 Å². The molecule has 8 N–H and O–H groups in total. The van der Waals surface area contributed by atoms with Gasteiger partial charge in [-0.25, -0.2) is 0 Å². The fourth-order valence-corrected chi connectivity index (χ4v) is 6.94. The maximum Gasteiger partial charge on any atom is 0.324 e. The van der Waals surface area contributed by atoms with Crippen molar-refractivity contribution in [3.8, 4) is 11.5 Å². The Bertz CT molecular complexity index is 1120. The number of phenols is 2. The lowest BCUT2D eigenvalue weighted by Gasteiger charge is -2.40. The molecule has 8 nitrogen and oxygen atoms in total. The van der Waals surface area contributed by atoms with Gasteiger partial charge >= 0.3 is 17.2 Å². The van der Waals surface area contributed by atoms with E-state index in [-0.39, 0.29) is 16.2 Å². The van der Waals surface area contributed by atoms with E-state index in [4.69, 9.17) is 29.4 Å². The van der Waals surface area contributed by atoms with Gasteiger partial charge in [0, 0.05) is 5.41 Å². The molecule has 0 bridgehead atoms. The molecule has 0 saturated carbocycles. The van der Waals surface area contributed by atoms with Crippen LogP contribution in [0.5, 0.6) is 11.5 Å². The highest BCUT2D eigenvalue weighted by atomic mass is 31.2. The van der Waals surface area contributed by atoms with Gasteiger partial charge in [-0.3, -0.25) is 0 Å². The minimum Gasteiger partial charge on any atom is -0.508 e. The summed E-state index contributed by atoms with van der Waals surface area (Å²) in [6.07, 6.45) is 18.0. The molecular weight excluding hydrogens is 658 g/mol. The van der Waals surface area contributed by atoms with Crippen molar-refractivity contribution < 1.29 is 39.6 Å². The van der Waals surface area contributed by atoms with Crippen LogP contribution < -0.4 is 0 Å². The molecule has 0 unspecified atom stereocenters. The van der Waals surface area contributed by atoms with E-state index >= 15 is 0 Å². The van der Waals surface area contributed by atoms with E-state index in [0.717, 1.165) is 41.5 Å². The molecule has 0 aliphatic carbocycles. The number of hydrogen-bond acceptors (Lipinski definition) is 8. The number of phenolic OH excluding ortho intramolecular Hbond substituents is 2. The molecule has 2 aromatic rings. The zero-order valence-corrected chi connectivity index (χ0v) is 34.0. The molecule has 2 aromatic carbocycles. The van der Waals surface area contributed by atoms with Crippen molar-refractivity contribution in [2.75, 3.05) is 0 Å². The highest BCUT2D eigenvalue weighted by Crippen LogP contribution is 2.49. The maximum atomic E-state index is 11.0. The van der Waals surface area contributed by atoms with Crippen molar-refractivity contribution in [1.82, 2.24) is 0 Å². The fourth-order valence-electron chi connectivity index (χ4n) is 6.94. The van der Waals surface area contributed by atoms with Gasteiger partial charge in [0.15, 0.2) is 0 Å². The Balaban J connectivity index is 0.00000258. The van der Waals surface area contributed by atoms with E-state index in [1.807, 2.05) is 12.1 Å². The van der Waals surface area contributed by atoms with Gasteiger partial charge < -0.3 is 39.6 Å². The Labute approximate surface area is 300 Å². The first-order valence-corrected chi connectivity index (χ1v) is 20.5. The predicted octanol–water partition coefficient (Wildman–Crippen LogP) is 10.5. The molecular formula is C39H70O8P2. The first-order valence-electron chi connectivity index (χ1n) is 18.1. The summed E-state index contributed by atoms with van der Waals surface area (Å²) in [6.45, 7) is 22.1. The van der Waals surface area contributed by atoms with E-state index in [2.05, 4.69) is 81.4 Å². The minimum atomic E-state index is -2.62. The van der Waals surface area contributed by atoms with Gasteiger partial charge in [0.05, 0.1) is 0 Å². The fraction of sp³-hybridized carbons (Fsp3) is 0.692. The van der Waals surface area contributed by atoms with Crippen LogP contribution in [0.15, 0.2) is 24.3 Å². The summed E-state index contributed by atoms with van der Waals surface area (Å²) in [6, 6.07) is 8.65. The number of aromatic hydroxyl groups is 2. The molecule has 49 heavy (non-hydrogen) atoms. The van der Waals surface area contributed by atoms with Gasteiger partial charge in [0.2, 0.25) is 0 Å². The lowest BCUT2D eigenvalue weighted by molar-refractivity contribution is 0.366. The molecule has 2 rings (SSSR count). The van der Waals surface area contributed by atoms with Gasteiger partial charge in [-0.05, 0) is 83.0 Å². The summed E-state index contributed by atoms with van der Waals surface area (Å²) >= 11 is 0. The second kappa shape index (κ2) is 23.3. The first-order chi connectivity index (χ1) is 22.6. The topological polar surface area (TPSA) is 162 Å². The number of rotatable bonds is 16. The van der Waals surface area contributed by atoms with Gasteiger partial charge in [-0.1, -0.05) is 145 Å². The molecule has 0 spiro atoms. The number of benzene rings is 2. The lowest BCUT2D eigenvalue weighted by atomic mass is 9.64. The zero-order valence-electron chi connectivity index (χ0n) is 32.2. The molecule has 284 valence electrons. The molecule has 10 heteroatoms. The highest BCUT2D eigenvalue weighted by molar-refractivity contribution is 7.38. The van der Waals surface area contributed by atoms with Crippen molar-refractivity contribution in [1.29, 1.82) is 0 Å². The molecule has 0 saturated heterocycles. The van der Waals surface area contributed by atoms with Crippen LogP contribution in [-0.2, 0) is 16.2 Å². The second-order valence-corrected chi connectivity index (χ2v) is 16.6. The predicted molar refractivity (Wildman–Crippen MR) is 207 cm³/mol. The Morgan fingerprint density at radius 3 is 1.04 bits per heavy atom. The van der Waals surface area contributed by atoms with E-state index in [9.17, 15) is 10.2 Å². The summed E-state index contributed by atoms with van der Waals surface area (Å²) in [5, 5.41) is 22.0. The summed E-state index contributed by atoms with van der Waals surface area (Å²) in [5.41, 5.74) is 6.60. The first kappa shape index (κ1) is 47.7. The molecule has 0 radical (unpaired) electrons. The summed E-state index contributed by atoms with van der Waals surface area (Å²) in [5.74, 6) is 0.799. The molecule has 0 aromatic heterocycles. The molecule has 0 aliphatic rings. The average Bonchev–Trinajstić information content (AvgIpc) is 2.93. The largest absolute Gasteiger partial charge is 0.508 e. The van der Waals surface area contributed by atoms with Crippen LogP contribution in [0.25, 0.3) is 0 Å². The lowest BCUT2D eigenvalue weighted by Crippen LogP contribution is -2.31. The molecule has 0 heterocycles. The summed E-state index contributed by atoms with van der Waals surface area (Å²) in [4.78, 5) is 43.4. The van der Waals surface area contributed by atoms with Crippen LogP contribution in [0.3, 0.4) is 0 Å². The zero-order chi connectivity index (χ0) is 38.0. The van der Waals surface area contributed by atoms with Crippen LogP contribution in [0.1, 0.15) is 179 Å². The monoisotopic (exact) mass is 728 g/mol. The quantitative estimate of drug-likeness (QED) is 0.0626. The van der Waals surface area contributed by atoms with Crippen molar-refractivity contribution in [3.05, 3.63) is 57.6 Å². The smallest absolute Gasteiger partial charge is 0.324 e. The van der Waals surface area contributed by atoms with Crippen molar-refractivity contribution in [2.24, 2.45) is 0 Å². The SMILES string of the molecule is CCCCCCCCCCCCCC(CCC)(c1cc(C(C)(C)C)c(O)cc1C)c1cc(C(C)(C)C)c(O)cc1C.OP(O)O.OP(O)O. The van der Waals surface area contributed by atoms with Gasteiger partial charge in [0.25, 0.3) is 0 Å². The third kappa shape index (κ3) is 17.6. The Morgan fingerprint density at radius 1 is 0.449 bits per heavy atom. The number of unbranched alkanes of at least 4 members (excludes halogenated alkanes) is 10. The van der Waals surface area contributed by atoms with Crippen molar-refractivity contribution in [3.63, 3.8) is 0 Å². The van der Waals surface area contributed by atoms with Crippen molar-refractivity contribution in [2.45, 2.75) is 175 Å². The Kier molecular flexibility index (Phi) is 22.6. The van der Waals surface area contributed by atoms with Gasteiger partial charge in [-0.2, -0.15) is 0 Å². The van der Waals surface area contributed by atoms with E-state index < -0.39 is 17.2 Å². The molecule has 0 aliphatic heterocycles. The normalized spacial score (nSPS) is 12.1. The van der Waals surface area contributed by atoms with Crippen molar-refractivity contribution >= 4 is 17.2 Å². The molecule has 0 amide bonds. The third-order valence-corrected chi connectivity index (χ3v) is 9.22. The molecule has 0 fully saturated rings. The minimum absolute atomic E-state index is 0.151. The summed E-state index contributed by atoms with van der Waals surface area (Å²) in [7, 11) is -5.24. The van der Waals surface area contributed by atoms with Crippen LogP contribution in [0, 0.1) is 13.8 Å². The van der Waals surface area contributed by atoms with E-state index in [1.165, 1.54) is 81.8 Å². The number of aryl methyl sites for hydroxylation is 2. The average molecular weight is 729 g/mol. The maximum absolute atomic E-state index is 11.0. The van der Waals surface area contributed by atoms with Gasteiger partial charge in [0.1, 0.15) is 11.5 Å².